The van der Waals surface area contributed by atoms with Crippen LogP contribution in [0.1, 0.15) is 23.5 Å². The second-order valence-electron chi connectivity index (χ2n) is 5.41. The molecule has 0 radical (unpaired) electrons. The van der Waals surface area contributed by atoms with Crippen LogP contribution in [0.15, 0.2) is 48.5 Å². The summed E-state index contributed by atoms with van der Waals surface area (Å²) >= 11 is 0. The molecule has 0 bridgehead atoms. The third-order valence-electron chi connectivity index (χ3n) is 3.92. The monoisotopic (exact) mass is 252 g/mol. The van der Waals surface area contributed by atoms with E-state index in [9.17, 15) is 10.0 Å². The molecule has 1 saturated carbocycles. The van der Waals surface area contributed by atoms with Crippen molar-refractivity contribution in [1.82, 2.24) is 0 Å². The SMILES string of the molecule is Cc1ccc(-c2cccc([C@H]3C[C@@H]3B(O)O)c2)cc1. The van der Waals surface area contributed by atoms with Crippen LogP contribution in [0.3, 0.4) is 0 Å². The first-order chi connectivity index (χ1) is 9.15. The van der Waals surface area contributed by atoms with Crippen molar-refractivity contribution in [3.8, 4) is 11.1 Å². The molecule has 2 aromatic carbocycles. The lowest BCUT2D eigenvalue weighted by Crippen LogP contribution is -2.11. The van der Waals surface area contributed by atoms with Crippen LogP contribution in [0.5, 0.6) is 0 Å². The van der Waals surface area contributed by atoms with Crippen LogP contribution < -0.4 is 0 Å². The molecule has 1 aliphatic carbocycles. The number of aryl methyl sites for hydroxylation is 1. The standard InChI is InChI=1S/C16H17BO2/c1-11-5-7-12(8-6-11)13-3-2-4-14(9-13)15-10-16(15)17(18)19/h2-9,15-16,18-19H,10H2,1H3/t15-,16+/m1/s1. The molecule has 2 N–H and O–H groups in total. The summed E-state index contributed by atoms with van der Waals surface area (Å²) in [4.78, 5) is 0. The van der Waals surface area contributed by atoms with Crippen LogP contribution in [0.25, 0.3) is 11.1 Å². The Kier molecular flexibility index (Phi) is 3.17. The Labute approximate surface area is 113 Å². The molecule has 2 aromatic rings. The van der Waals surface area contributed by atoms with Crippen molar-refractivity contribution in [2.75, 3.05) is 0 Å². The van der Waals surface area contributed by atoms with Crippen LogP contribution in [0.4, 0.5) is 0 Å². The summed E-state index contributed by atoms with van der Waals surface area (Å²) in [6, 6.07) is 16.9. The zero-order valence-electron chi connectivity index (χ0n) is 11.0. The molecule has 0 heterocycles. The van der Waals surface area contributed by atoms with E-state index in [1.54, 1.807) is 0 Å². The van der Waals surface area contributed by atoms with E-state index in [2.05, 4.69) is 49.4 Å². The number of benzene rings is 2. The summed E-state index contributed by atoms with van der Waals surface area (Å²) in [7, 11) is -1.19. The van der Waals surface area contributed by atoms with Crippen LogP contribution in [0, 0.1) is 6.92 Å². The number of hydrogen-bond acceptors (Lipinski definition) is 2. The van der Waals surface area contributed by atoms with Crippen molar-refractivity contribution in [1.29, 1.82) is 0 Å². The van der Waals surface area contributed by atoms with Crippen molar-refractivity contribution >= 4 is 7.12 Å². The highest BCUT2D eigenvalue weighted by Gasteiger charge is 2.46. The smallest absolute Gasteiger partial charge is 0.427 e. The summed E-state index contributed by atoms with van der Waals surface area (Å²) in [6.07, 6.45) is 0.870. The summed E-state index contributed by atoms with van der Waals surface area (Å²) in [5, 5.41) is 18.4. The zero-order valence-corrected chi connectivity index (χ0v) is 11.0. The maximum atomic E-state index is 9.20. The van der Waals surface area contributed by atoms with Crippen molar-refractivity contribution in [2.24, 2.45) is 0 Å². The fourth-order valence-corrected chi connectivity index (χ4v) is 2.62. The lowest BCUT2D eigenvalue weighted by molar-refractivity contribution is 0.402. The van der Waals surface area contributed by atoms with Gasteiger partial charge in [-0.05, 0) is 36.0 Å². The van der Waals surface area contributed by atoms with Gasteiger partial charge < -0.3 is 10.0 Å². The maximum Gasteiger partial charge on any atom is 0.455 e. The topological polar surface area (TPSA) is 40.5 Å². The molecule has 96 valence electrons. The molecule has 0 aliphatic heterocycles. The van der Waals surface area contributed by atoms with Gasteiger partial charge in [0.05, 0.1) is 0 Å². The Morgan fingerprint density at radius 2 is 1.74 bits per heavy atom. The first-order valence-electron chi connectivity index (χ1n) is 6.68. The largest absolute Gasteiger partial charge is 0.455 e. The van der Waals surface area contributed by atoms with Crippen LogP contribution in [-0.2, 0) is 0 Å². The Hall–Kier alpha value is -1.58. The van der Waals surface area contributed by atoms with Gasteiger partial charge in [-0.25, -0.2) is 0 Å². The molecule has 19 heavy (non-hydrogen) atoms. The van der Waals surface area contributed by atoms with E-state index in [0.717, 1.165) is 6.42 Å². The van der Waals surface area contributed by atoms with Gasteiger partial charge in [0.2, 0.25) is 0 Å². The van der Waals surface area contributed by atoms with Crippen LogP contribution in [-0.4, -0.2) is 17.2 Å². The Morgan fingerprint density at radius 1 is 1.00 bits per heavy atom. The summed E-state index contributed by atoms with van der Waals surface area (Å²) < 4.78 is 0. The van der Waals surface area contributed by atoms with Gasteiger partial charge in [-0.1, -0.05) is 54.1 Å². The molecular formula is C16H17BO2. The van der Waals surface area contributed by atoms with E-state index in [4.69, 9.17) is 0 Å². The predicted octanol–water partition coefficient (Wildman–Crippen LogP) is 2.99. The summed E-state index contributed by atoms with van der Waals surface area (Å²) in [6.45, 7) is 2.08. The van der Waals surface area contributed by atoms with E-state index in [0.29, 0.717) is 5.92 Å². The minimum absolute atomic E-state index is 0.00766. The average Bonchev–Trinajstić information content (AvgIpc) is 3.20. The minimum atomic E-state index is -1.19. The molecule has 0 amide bonds. The lowest BCUT2D eigenvalue weighted by Gasteiger charge is -2.06. The Bertz CT molecular complexity index is 578. The van der Waals surface area contributed by atoms with Gasteiger partial charge in [0.15, 0.2) is 0 Å². The van der Waals surface area contributed by atoms with Gasteiger partial charge in [0.1, 0.15) is 0 Å². The minimum Gasteiger partial charge on any atom is -0.427 e. The fourth-order valence-electron chi connectivity index (χ4n) is 2.62. The third-order valence-corrected chi connectivity index (χ3v) is 3.92. The van der Waals surface area contributed by atoms with Gasteiger partial charge in [0.25, 0.3) is 0 Å². The summed E-state index contributed by atoms with van der Waals surface area (Å²) in [5.74, 6) is 0.304. The molecule has 0 unspecified atom stereocenters. The molecule has 2 nitrogen and oxygen atoms in total. The highest BCUT2D eigenvalue weighted by Crippen LogP contribution is 2.53. The van der Waals surface area contributed by atoms with Crippen molar-refractivity contribution < 1.29 is 10.0 Å². The molecule has 1 aliphatic rings. The van der Waals surface area contributed by atoms with Crippen LogP contribution in [0.2, 0.25) is 5.82 Å². The highest BCUT2D eigenvalue weighted by atomic mass is 16.4. The predicted molar refractivity (Wildman–Crippen MR) is 77.9 cm³/mol. The number of hydrogen-bond donors (Lipinski definition) is 2. The first-order valence-corrected chi connectivity index (χ1v) is 6.68. The molecule has 3 heteroatoms. The van der Waals surface area contributed by atoms with Crippen molar-refractivity contribution in [3.05, 3.63) is 59.7 Å². The van der Waals surface area contributed by atoms with Crippen LogP contribution >= 0.6 is 0 Å². The van der Waals surface area contributed by atoms with E-state index in [-0.39, 0.29) is 5.82 Å². The second kappa shape index (κ2) is 4.84. The first kappa shape index (κ1) is 12.5. The zero-order chi connectivity index (χ0) is 13.4. The van der Waals surface area contributed by atoms with E-state index in [1.165, 1.54) is 22.3 Å². The molecule has 0 spiro atoms. The Morgan fingerprint density at radius 3 is 2.37 bits per heavy atom. The normalized spacial score (nSPS) is 21.2. The molecule has 0 aromatic heterocycles. The molecule has 0 saturated heterocycles. The number of rotatable bonds is 3. The lowest BCUT2D eigenvalue weighted by atomic mass is 9.81. The van der Waals surface area contributed by atoms with Gasteiger partial charge in [-0.15, -0.1) is 0 Å². The van der Waals surface area contributed by atoms with Gasteiger partial charge in [-0.2, -0.15) is 0 Å². The van der Waals surface area contributed by atoms with Crippen molar-refractivity contribution in [3.63, 3.8) is 0 Å². The third kappa shape index (κ3) is 2.58. The van der Waals surface area contributed by atoms with Gasteiger partial charge >= 0.3 is 7.12 Å². The Balaban J connectivity index is 1.86. The van der Waals surface area contributed by atoms with Gasteiger partial charge in [0, 0.05) is 5.82 Å². The van der Waals surface area contributed by atoms with E-state index >= 15 is 0 Å². The quantitative estimate of drug-likeness (QED) is 0.824. The van der Waals surface area contributed by atoms with Crippen molar-refractivity contribution in [2.45, 2.75) is 25.1 Å². The maximum absolute atomic E-state index is 9.20. The molecule has 3 rings (SSSR count). The highest BCUT2D eigenvalue weighted by molar-refractivity contribution is 6.44. The van der Waals surface area contributed by atoms with Gasteiger partial charge in [-0.3, -0.25) is 0 Å². The summed E-state index contributed by atoms with van der Waals surface area (Å²) in [5.41, 5.74) is 4.85. The van der Waals surface area contributed by atoms with E-state index in [1.807, 2.05) is 6.07 Å². The van der Waals surface area contributed by atoms with E-state index < -0.39 is 7.12 Å². The average molecular weight is 252 g/mol. The molecule has 1 fully saturated rings. The molecule has 2 atom stereocenters. The fraction of sp³-hybridized carbons (Fsp3) is 0.250. The molecular weight excluding hydrogens is 235 g/mol. The second-order valence-corrected chi connectivity index (χ2v) is 5.41.